The first kappa shape index (κ1) is 25.5. The second kappa shape index (κ2) is 10.8. The standard InChI is InChI=1S/C29H25N9O3/c1-31-28-33-14-12-21(34-28)23-16-19-15-18(26(30)39)10-11-22(19)38(23)24(27-35-36-29(40)41-27)17-37(20-7-3-2-4-8-20)25-9-5-6-13-32-25/h2-16,24H,17H2,1H3,(H2,30,39)(H,36,40)(H,31,33,34)/t24-/m0/s1. The van der Waals surface area contributed by atoms with Crippen molar-refractivity contribution in [2.24, 2.45) is 5.73 Å². The molecule has 6 rings (SSSR count). The summed E-state index contributed by atoms with van der Waals surface area (Å²) < 4.78 is 7.57. The summed E-state index contributed by atoms with van der Waals surface area (Å²) in [4.78, 5) is 39.8. The summed E-state index contributed by atoms with van der Waals surface area (Å²) in [7, 11) is 1.74. The number of hydrogen-bond donors (Lipinski definition) is 3. The molecule has 0 aliphatic carbocycles. The number of para-hydroxylation sites is 1. The number of aromatic amines is 1. The SMILES string of the molecule is CNc1nccc(-c2cc3cc(C(N)=O)ccc3n2[C@@H](CN(c2ccccc2)c2ccccn2)c2n[nH]c(=O)o2)n1. The van der Waals surface area contributed by atoms with Gasteiger partial charge in [0.15, 0.2) is 0 Å². The first-order valence-corrected chi connectivity index (χ1v) is 12.8. The predicted molar refractivity (Wildman–Crippen MR) is 154 cm³/mol. The van der Waals surface area contributed by atoms with Crippen molar-refractivity contribution in [3.63, 3.8) is 0 Å². The van der Waals surface area contributed by atoms with Gasteiger partial charge in [0.2, 0.25) is 17.7 Å². The average molecular weight is 548 g/mol. The predicted octanol–water partition coefficient (Wildman–Crippen LogP) is 3.74. The van der Waals surface area contributed by atoms with Gasteiger partial charge in [0.05, 0.1) is 17.9 Å². The third kappa shape index (κ3) is 5.01. The molecule has 0 saturated carbocycles. The zero-order valence-corrected chi connectivity index (χ0v) is 21.9. The highest BCUT2D eigenvalue weighted by atomic mass is 16.4. The molecule has 0 aliphatic heterocycles. The number of fused-ring (bicyclic) bond motifs is 1. The first-order valence-electron chi connectivity index (χ1n) is 12.8. The summed E-state index contributed by atoms with van der Waals surface area (Å²) >= 11 is 0. The van der Waals surface area contributed by atoms with Crippen molar-refractivity contribution >= 4 is 34.3 Å². The molecular formula is C29H25N9O3. The lowest BCUT2D eigenvalue weighted by molar-refractivity contribution is 0.100. The van der Waals surface area contributed by atoms with Crippen LogP contribution in [0.3, 0.4) is 0 Å². The van der Waals surface area contributed by atoms with Gasteiger partial charge in [-0.15, -0.1) is 5.10 Å². The molecule has 41 heavy (non-hydrogen) atoms. The van der Waals surface area contributed by atoms with E-state index in [9.17, 15) is 9.59 Å². The number of primary amides is 1. The molecule has 6 aromatic rings. The van der Waals surface area contributed by atoms with Gasteiger partial charge >= 0.3 is 5.76 Å². The van der Waals surface area contributed by atoms with Gasteiger partial charge in [-0.05, 0) is 54.6 Å². The summed E-state index contributed by atoms with van der Waals surface area (Å²) in [6.45, 7) is 0.271. The Morgan fingerprint density at radius 2 is 1.88 bits per heavy atom. The largest absolute Gasteiger partial charge is 0.434 e. The van der Waals surface area contributed by atoms with Crippen molar-refractivity contribution in [2.75, 3.05) is 23.8 Å². The van der Waals surface area contributed by atoms with E-state index in [0.717, 1.165) is 16.6 Å². The van der Waals surface area contributed by atoms with Gasteiger partial charge in [-0.3, -0.25) is 4.79 Å². The fraction of sp³-hybridized carbons (Fsp3) is 0.103. The number of carbonyl (C=O) groups is 1. The van der Waals surface area contributed by atoms with Crippen molar-refractivity contribution in [3.8, 4) is 11.4 Å². The van der Waals surface area contributed by atoms with Gasteiger partial charge in [0.25, 0.3) is 0 Å². The Morgan fingerprint density at radius 3 is 2.59 bits per heavy atom. The van der Waals surface area contributed by atoms with E-state index in [1.165, 1.54) is 0 Å². The van der Waals surface area contributed by atoms with E-state index in [-0.39, 0.29) is 12.4 Å². The molecule has 0 fully saturated rings. The Bertz CT molecular complexity index is 1840. The summed E-state index contributed by atoms with van der Waals surface area (Å²) in [5, 5.41) is 10.4. The maximum atomic E-state index is 12.2. The van der Waals surface area contributed by atoms with Crippen LogP contribution in [-0.2, 0) is 0 Å². The Kier molecular flexibility index (Phi) is 6.70. The molecule has 0 unspecified atom stereocenters. The minimum Gasteiger partial charge on any atom is -0.390 e. The minimum atomic E-state index is -0.678. The molecule has 1 atom stereocenters. The van der Waals surface area contributed by atoms with E-state index in [0.29, 0.717) is 28.7 Å². The highest BCUT2D eigenvalue weighted by Gasteiger charge is 2.29. The fourth-order valence-electron chi connectivity index (χ4n) is 4.82. The van der Waals surface area contributed by atoms with Gasteiger partial charge in [0.1, 0.15) is 11.9 Å². The summed E-state index contributed by atoms with van der Waals surface area (Å²) in [6, 6.07) is 23.7. The molecule has 0 spiro atoms. The van der Waals surface area contributed by atoms with Crippen molar-refractivity contribution in [1.29, 1.82) is 0 Å². The number of nitrogens with zero attached hydrogens (tertiary/aromatic N) is 6. The zero-order chi connectivity index (χ0) is 28.3. The molecule has 1 amide bonds. The van der Waals surface area contributed by atoms with Crippen LogP contribution in [0.15, 0.2) is 100 Å². The lowest BCUT2D eigenvalue weighted by Crippen LogP contribution is -2.29. The maximum absolute atomic E-state index is 12.2. The smallest absolute Gasteiger partial charge is 0.390 e. The molecule has 0 aliphatic rings. The Hall–Kier alpha value is -5.78. The molecule has 4 heterocycles. The Balaban J connectivity index is 1.61. The highest BCUT2D eigenvalue weighted by Crippen LogP contribution is 2.36. The van der Waals surface area contributed by atoms with E-state index in [1.54, 1.807) is 37.6 Å². The molecule has 0 saturated heterocycles. The van der Waals surface area contributed by atoms with Crippen molar-refractivity contribution in [3.05, 3.63) is 113 Å². The molecule has 0 radical (unpaired) electrons. The topological polar surface area (TPSA) is 161 Å². The van der Waals surface area contributed by atoms with Crippen LogP contribution in [0.5, 0.6) is 0 Å². The molecule has 12 heteroatoms. The van der Waals surface area contributed by atoms with Crippen LogP contribution in [-0.4, -0.2) is 49.2 Å². The molecular weight excluding hydrogens is 522 g/mol. The maximum Gasteiger partial charge on any atom is 0.434 e. The van der Waals surface area contributed by atoms with Gasteiger partial charge in [-0.1, -0.05) is 24.3 Å². The fourth-order valence-corrected chi connectivity index (χ4v) is 4.82. The zero-order valence-electron chi connectivity index (χ0n) is 21.9. The second-order valence-electron chi connectivity index (χ2n) is 9.15. The summed E-state index contributed by atoms with van der Waals surface area (Å²) in [5.41, 5.74) is 8.87. The first-order chi connectivity index (χ1) is 20.0. The van der Waals surface area contributed by atoms with Crippen molar-refractivity contribution in [2.45, 2.75) is 6.04 Å². The number of hydrogen-bond acceptors (Lipinski definition) is 9. The van der Waals surface area contributed by atoms with E-state index in [4.69, 9.17) is 10.2 Å². The van der Waals surface area contributed by atoms with Gasteiger partial charge < -0.3 is 24.9 Å². The van der Waals surface area contributed by atoms with Crippen LogP contribution in [0.2, 0.25) is 0 Å². The Labute approximate surface area is 233 Å². The number of amides is 1. The average Bonchev–Trinajstić information content (AvgIpc) is 3.62. The molecule has 4 N–H and O–H groups in total. The van der Waals surface area contributed by atoms with Crippen LogP contribution in [0.4, 0.5) is 17.5 Å². The van der Waals surface area contributed by atoms with Crippen LogP contribution in [0.1, 0.15) is 22.3 Å². The molecule has 4 aromatic heterocycles. The number of benzene rings is 2. The van der Waals surface area contributed by atoms with Gasteiger partial charge in [0, 0.05) is 41.6 Å². The molecule has 12 nitrogen and oxygen atoms in total. The lowest BCUT2D eigenvalue weighted by Gasteiger charge is -2.29. The Morgan fingerprint density at radius 1 is 1.05 bits per heavy atom. The number of carbonyl (C=O) groups excluding carboxylic acids is 1. The van der Waals surface area contributed by atoms with Crippen molar-refractivity contribution < 1.29 is 9.21 Å². The number of H-pyrrole nitrogens is 1. The van der Waals surface area contributed by atoms with Gasteiger partial charge in [-0.25, -0.2) is 24.8 Å². The summed E-state index contributed by atoms with van der Waals surface area (Å²) in [5.74, 6) is 0.0607. The number of nitrogens with one attached hydrogen (secondary N) is 2. The minimum absolute atomic E-state index is 0.160. The van der Waals surface area contributed by atoms with Crippen LogP contribution in [0, 0.1) is 0 Å². The van der Waals surface area contributed by atoms with Crippen LogP contribution >= 0.6 is 0 Å². The molecule has 2 aromatic carbocycles. The number of rotatable bonds is 9. The second-order valence-corrected chi connectivity index (χ2v) is 9.15. The third-order valence-electron chi connectivity index (χ3n) is 6.67. The number of nitrogens with two attached hydrogens (primary N) is 1. The van der Waals surface area contributed by atoms with E-state index in [2.05, 4.69) is 30.5 Å². The third-order valence-corrected chi connectivity index (χ3v) is 6.67. The van der Waals surface area contributed by atoms with Crippen molar-refractivity contribution in [1.82, 2.24) is 29.7 Å². The van der Waals surface area contributed by atoms with E-state index in [1.807, 2.05) is 70.1 Å². The van der Waals surface area contributed by atoms with Crippen LogP contribution in [0.25, 0.3) is 22.3 Å². The molecule has 204 valence electrons. The number of pyridine rings is 1. The van der Waals surface area contributed by atoms with Crippen LogP contribution < -0.4 is 21.7 Å². The number of aromatic nitrogens is 6. The number of anilines is 3. The lowest BCUT2D eigenvalue weighted by atomic mass is 10.1. The highest BCUT2D eigenvalue weighted by molar-refractivity contribution is 5.98. The normalized spacial score (nSPS) is 11.8. The quantitative estimate of drug-likeness (QED) is 0.245. The van der Waals surface area contributed by atoms with Gasteiger partial charge in [-0.2, -0.15) is 0 Å². The monoisotopic (exact) mass is 547 g/mol. The van der Waals surface area contributed by atoms with E-state index < -0.39 is 17.7 Å². The van der Waals surface area contributed by atoms with E-state index >= 15 is 0 Å². The summed E-state index contributed by atoms with van der Waals surface area (Å²) in [6.07, 6.45) is 3.37. The molecule has 0 bridgehead atoms.